The molecule has 0 amide bonds. The van der Waals surface area contributed by atoms with Crippen LogP contribution >= 0.6 is 0 Å². The minimum absolute atomic E-state index is 0. The standard InChI is InChI=1S/C4H8O3.Na.H/c1-3(5)2-4(6)7;;/h3,5H,2H2,1H3,(H,6,7);;/t3-;;/m1../s1. The number of rotatable bonds is 2. The molecule has 0 bridgehead atoms. The number of aliphatic carboxylic acids is 1. The maximum atomic E-state index is 9.65. The number of hydrogen-bond acceptors (Lipinski definition) is 2. The fourth-order valence-electron chi connectivity index (χ4n) is 0.253. The van der Waals surface area contributed by atoms with Crippen molar-refractivity contribution < 1.29 is 15.0 Å². The Balaban J connectivity index is 0. The first-order chi connectivity index (χ1) is 3.13. The number of hydrogen-bond donors (Lipinski definition) is 2. The molecule has 0 aliphatic carbocycles. The summed E-state index contributed by atoms with van der Waals surface area (Å²) in [6.45, 7) is 1.44. The van der Waals surface area contributed by atoms with Crippen LogP contribution in [0.25, 0.3) is 0 Å². The second kappa shape index (κ2) is 5.56. The van der Waals surface area contributed by atoms with E-state index in [9.17, 15) is 4.79 Å². The molecule has 0 fully saturated rings. The molecule has 1 atom stereocenters. The predicted molar refractivity (Wildman–Crippen MR) is 31.1 cm³/mol. The first-order valence-corrected chi connectivity index (χ1v) is 2.03. The molecular weight excluding hydrogens is 119 g/mol. The molecule has 0 aromatic rings. The molecule has 0 heterocycles. The zero-order valence-electron chi connectivity index (χ0n) is 4.09. The third-order valence-corrected chi connectivity index (χ3v) is 0.470. The second-order valence-corrected chi connectivity index (χ2v) is 1.45. The van der Waals surface area contributed by atoms with E-state index in [0.29, 0.717) is 0 Å². The Labute approximate surface area is 70.0 Å². The average Bonchev–Trinajstić information content (AvgIpc) is 1.27. The quantitative estimate of drug-likeness (QED) is 0.478. The molecule has 0 rings (SSSR count). The van der Waals surface area contributed by atoms with E-state index in [0.717, 1.165) is 0 Å². The molecule has 0 spiro atoms. The summed E-state index contributed by atoms with van der Waals surface area (Å²) in [6.07, 6.45) is -0.891. The number of carboxylic acid groups (broad SMARTS) is 1. The molecular formula is C4H9NaO3. The van der Waals surface area contributed by atoms with E-state index in [1.54, 1.807) is 0 Å². The SMILES string of the molecule is C[C@@H](O)CC(=O)O.[NaH]. The van der Waals surface area contributed by atoms with Crippen molar-refractivity contribution >= 4 is 35.5 Å². The van der Waals surface area contributed by atoms with Gasteiger partial charge >= 0.3 is 35.5 Å². The summed E-state index contributed by atoms with van der Waals surface area (Å²) in [5, 5.41) is 16.3. The third kappa shape index (κ3) is 9.66. The van der Waals surface area contributed by atoms with E-state index in [1.165, 1.54) is 6.92 Å². The van der Waals surface area contributed by atoms with Gasteiger partial charge in [0.25, 0.3) is 0 Å². The molecule has 0 saturated carbocycles. The maximum absolute atomic E-state index is 9.65. The molecule has 0 aliphatic rings. The Morgan fingerprint density at radius 1 is 1.75 bits per heavy atom. The summed E-state index contributed by atoms with van der Waals surface area (Å²) in [4.78, 5) is 9.65. The topological polar surface area (TPSA) is 57.5 Å². The summed E-state index contributed by atoms with van der Waals surface area (Å²) in [5.74, 6) is -0.963. The van der Waals surface area contributed by atoms with Crippen molar-refractivity contribution in [2.24, 2.45) is 0 Å². The molecule has 0 aromatic carbocycles. The molecule has 0 saturated heterocycles. The molecule has 0 aromatic heterocycles. The van der Waals surface area contributed by atoms with Gasteiger partial charge in [0.2, 0.25) is 0 Å². The molecule has 4 heteroatoms. The zero-order chi connectivity index (χ0) is 5.86. The van der Waals surface area contributed by atoms with Crippen LogP contribution in [0.1, 0.15) is 13.3 Å². The van der Waals surface area contributed by atoms with Gasteiger partial charge in [-0.25, -0.2) is 0 Å². The van der Waals surface area contributed by atoms with Crippen molar-refractivity contribution in [3.63, 3.8) is 0 Å². The van der Waals surface area contributed by atoms with Gasteiger partial charge < -0.3 is 10.2 Å². The Hall–Kier alpha value is 0.430. The average molecular weight is 128 g/mol. The minimum atomic E-state index is -0.963. The Bertz CT molecular complexity index is 71.7. The van der Waals surface area contributed by atoms with Gasteiger partial charge in [0.1, 0.15) is 0 Å². The molecule has 0 radical (unpaired) electrons. The van der Waals surface area contributed by atoms with E-state index < -0.39 is 12.1 Å². The molecule has 8 heavy (non-hydrogen) atoms. The van der Waals surface area contributed by atoms with Gasteiger partial charge in [-0.15, -0.1) is 0 Å². The van der Waals surface area contributed by atoms with E-state index in [4.69, 9.17) is 10.2 Å². The third-order valence-electron chi connectivity index (χ3n) is 0.470. The number of carboxylic acids is 1. The molecule has 2 N–H and O–H groups in total. The van der Waals surface area contributed by atoms with Crippen LogP contribution in [-0.4, -0.2) is 51.8 Å². The van der Waals surface area contributed by atoms with Crippen molar-refractivity contribution in [1.29, 1.82) is 0 Å². The van der Waals surface area contributed by atoms with E-state index in [2.05, 4.69) is 0 Å². The van der Waals surface area contributed by atoms with Gasteiger partial charge in [-0.2, -0.15) is 0 Å². The van der Waals surface area contributed by atoms with Gasteiger partial charge in [-0.05, 0) is 6.92 Å². The summed E-state index contributed by atoms with van der Waals surface area (Å²) in [7, 11) is 0. The summed E-state index contributed by atoms with van der Waals surface area (Å²) >= 11 is 0. The predicted octanol–water partition coefficient (Wildman–Crippen LogP) is -0.807. The van der Waals surface area contributed by atoms with Crippen molar-refractivity contribution in [2.75, 3.05) is 0 Å². The zero-order valence-corrected chi connectivity index (χ0v) is 4.09. The van der Waals surface area contributed by atoms with Gasteiger partial charge in [0.05, 0.1) is 12.5 Å². The molecule has 0 aliphatic heterocycles. The van der Waals surface area contributed by atoms with Crippen LogP contribution in [0.2, 0.25) is 0 Å². The summed E-state index contributed by atoms with van der Waals surface area (Å²) in [5.41, 5.74) is 0. The molecule has 3 nitrogen and oxygen atoms in total. The van der Waals surface area contributed by atoms with Gasteiger partial charge in [0.15, 0.2) is 0 Å². The van der Waals surface area contributed by atoms with Crippen LogP contribution in [0.3, 0.4) is 0 Å². The Morgan fingerprint density at radius 2 is 2.12 bits per heavy atom. The van der Waals surface area contributed by atoms with Crippen molar-refractivity contribution in [3.05, 3.63) is 0 Å². The van der Waals surface area contributed by atoms with Crippen LogP contribution < -0.4 is 0 Å². The first kappa shape index (κ1) is 11.3. The van der Waals surface area contributed by atoms with Gasteiger partial charge in [-0.1, -0.05) is 0 Å². The summed E-state index contributed by atoms with van der Waals surface area (Å²) in [6, 6.07) is 0. The Kier molecular flexibility index (Phi) is 7.83. The molecule has 0 unspecified atom stereocenters. The van der Waals surface area contributed by atoms with E-state index in [-0.39, 0.29) is 36.0 Å². The number of aliphatic hydroxyl groups is 1. The normalized spacial score (nSPS) is 11.8. The fourth-order valence-corrected chi connectivity index (χ4v) is 0.253. The van der Waals surface area contributed by atoms with Crippen molar-refractivity contribution in [1.82, 2.24) is 0 Å². The first-order valence-electron chi connectivity index (χ1n) is 2.03. The van der Waals surface area contributed by atoms with Crippen LogP contribution in [0, 0.1) is 0 Å². The molecule has 44 valence electrons. The van der Waals surface area contributed by atoms with Gasteiger partial charge in [-0.3, -0.25) is 4.79 Å². The number of carbonyl (C=O) groups is 1. The number of aliphatic hydroxyl groups excluding tert-OH is 1. The van der Waals surface area contributed by atoms with Crippen LogP contribution in [-0.2, 0) is 4.79 Å². The van der Waals surface area contributed by atoms with Crippen LogP contribution in [0.4, 0.5) is 0 Å². The van der Waals surface area contributed by atoms with E-state index >= 15 is 0 Å². The van der Waals surface area contributed by atoms with E-state index in [1.807, 2.05) is 0 Å². The van der Waals surface area contributed by atoms with Crippen molar-refractivity contribution in [2.45, 2.75) is 19.4 Å². The monoisotopic (exact) mass is 128 g/mol. The summed E-state index contributed by atoms with van der Waals surface area (Å²) < 4.78 is 0. The van der Waals surface area contributed by atoms with Crippen LogP contribution in [0.15, 0.2) is 0 Å². The van der Waals surface area contributed by atoms with Crippen molar-refractivity contribution in [3.8, 4) is 0 Å². The Morgan fingerprint density at radius 3 is 2.12 bits per heavy atom. The van der Waals surface area contributed by atoms with Gasteiger partial charge in [0, 0.05) is 0 Å². The van der Waals surface area contributed by atoms with Crippen LogP contribution in [0.5, 0.6) is 0 Å². The fraction of sp³-hybridized carbons (Fsp3) is 0.750. The second-order valence-electron chi connectivity index (χ2n) is 1.45.